The van der Waals surface area contributed by atoms with E-state index in [0.29, 0.717) is 49.3 Å². The molecule has 1 aromatic carbocycles. The van der Waals surface area contributed by atoms with Crippen LogP contribution < -0.4 is 9.47 Å². The number of carbonyl (C=O) groups excluding carboxylic acids is 1. The first-order valence-corrected chi connectivity index (χ1v) is 10.6. The molecule has 0 saturated carbocycles. The summed E-state index contributed by atoms with van der Waals surface area (Å²) in [5.41, 5.74) is 0.859. The van der Waals surface area contributed by atoms with Crippen LogP contribution in [-0.2, 0) is 17.8 Å². The molecule has 2 aromatic heterocycles. The Morgan fingerprint density at radius 3 is 2.70 bits per heavy atom. The monoisotopic (exact) mass is 428 g/mol. The van der Waals surface area contributed by atoms with Crippen molar-refractivity contribution in [2.45, 2.75) is 13.0 Å². The highest BCUT2D eigenvalue weighted by Gasteiger charge is 2.23. The summed E-state index contributed by atoms with van der Waals surface area (Å²) in [4.78, 5) is 22.4. The highest BCUT2D eigenvalue weighted by Crippen LogP contribution is 2.26. The molecule has 0 N–H and O–H groups in total. The van der Waals surface area contributed by atoms with Crippen LogP contribution in [0, 0.1) is 0 Å². The molecule has 0 unspecified atom stereocenters. The van der Waals surface area contributed by atoms with Crippen molar-refractivity contribution in [3.63, 3.8) is 0 Å². The summed E-state index contributed by atoms with van der Waals surface area (Å²) in [6, 6.07) is 9.47. The predicted octanol–water partition coefficient (Wildman–Crippen LogP) is 2.70. The summed E-state index contributed by atoms with van der Waals surface area (Å²) in [5.74, 6) is 2.69. The number of methoxy groups -OCH3 is 2. The molecule has 9 heteroatoms. The lowest BCUT2D eigenvalue weighted by Crippen LogP contribution is -2.48. The zero-order valence-electron chi connectivity index (χ0n) is 17.0. The van der Waals surface area contributed by atoms with Crippen LogP contribution in [0.3, 0.4) is 0 Å². The number of hydrogen-bond acceptors (Lipinski definition) is 8. The summed E-state index contributed by atoms with van der Waals surface area (Å²) < 4.78 is 16.0. The zero-order chi connectivity index (χ0) is 20.9. The normalized spacial score (nSPS) is 14.7. The Morgan fingerprint density at radius 1 is 1.17 bits per heavy atom. The maximum Gasteiger partial charge on any atom is 0.241 e. The fourth-order valence-corrected chi connectivity index (χ4v) is 4.09. The topological polar surface area (TPSA) is 80.9 Å². The first-order valence-electron chi connectivity index (χ1n) is 9.73. The van der Waals surface area contributed by atoms with E-state index in [1.807, 2.05) is 34.5 Å². The Labute approximate surface area is 179 Å². The number of carbonyl (C=O) groups is 1. The second kappa shape index (κ2) is 9.27. The van der Waals surface area contributed by atoms with Crippen molar-refractivity contribution in [1.29, 1.82) is 0 Å². The van der Waals surface area contributed by atoms with E-state index in [9.17, 15) is 4.79 Å². The van der Waals surface area contributed by atoms with Crippen molar-refractivity contribution < 1.29 is 18.8 Å². The molecule has 1 saturated heterocycles. The lowest BCUT2D eigenvalue weighted by atomic mass is 10.1. The van der Waals surface area contributed by atoms with Crippen molar-refractivity contribution in [2.24, 2.45) is 0 Å². The van der Waals surface area contributed by atoms with Crippen molar-refractivity contribution in [3.05, 3.63) is 47.2 Å². The predicted molar refractivity (Wildman–Crippen MR) is 113 cm³/mol. The molecular formula is C21H24N4O4S. The van der Waals surface area contributed by atoms with Gasteiger partial charge in [-0.25, -0.2) is 0 Å². The molecule has 3 heterocycles. The summed E-state index contributed by atoms with van der Waals surface area (Å²) in [5, 5.41) is 6.04. The minimum absolute atomic E-state index is 0.0934. The van der Waals surface area contributed by atoms with Crippen LogP contribution in [0.15, 0.2) is 40.2 Å². The summed E-state index contributed by atoms with van der Waals surface area (Å²) in [6.45, 7) is 3.46. The van der Waals surface area contributed by atoms with Crippen molar-refractivity contribution in [2.75, 3.05) is 40.4 Å². The Morgan fingerprint density at radius 2 is 2.00 bits per heavy atom. The van der Waals surface area contributed by atoms with Crippen molar-refractivity contribution in [1.82, 2.24) is 19.9 Å². The van der Waals surface area contributed by atoms with Crippen LogP contribution in [0.1, 0.15) is 11.5 Å². The molecule has 8 nitrogen and oxygen atoms in total. The van der Waals surface area contributed by atoms with Gasteiger partial charge in [-0.2, -0.15) is 4.98 Å². The van der Waals surface area contributed by atoms with E-state index in [2.05, 4.69) is 15.0 Å². The van der Waals surface area contributed by atoms with Crippen molar-refractivity contribution in [3.8, 4) is 22.2 Å². The van der Waals surface area contributed by atoms with Crippen LogP contribution in [0.25, 0.3) is 10.7 Å². The number of nitrogens with zero attached hydrogens (tertiary/aromatic N) is 4. The summed E-state index contributed by atoms with van der Waals surface area (Å²) in [6.07, 6.45) is 0.307. The average Bonchev–Trinajstić information content (AvgIpc) is 3.46. The van der Waals surface area contributed by atoms with Gasteiger partial charge in [-0.05, 0) is 17.5 Å². The summed E-state index contributed by atoms with van der Waals surface area (Å²) >= 11 is 1.59. The SMILES string of the molecule is COc1ccc(CC(=O)N2CCN(Cc3nc(-c4cccs4)no3)CC2)c(OC)c1. The van der Waals surface area contributed by atoms with Gasteiger partial charge in [-0.15, -0.1) is 11.3 Å². The molecule has 1 aliphatic heterocycles. The summed E-state index contributed by atoms with van der Waals surface area (Å²) in [7, 11) is 3.21. The van der Waals surface area contributed by atoms with Gasteiger partial charge in [0.05, 0.1) is 32.1 Å². The molecular weight excluding hydrogens is 404 g/mol. The molecule has 0 atom stereocenters. The lowest BCUT2D eigenvalue weighted by molar-refractivity contribution is -0.132. The Kier molecular flexibility index (Phi) is 6.29. The van der Waals surface area contributed by atoms with Crippen LogP contribution in [0.2, 0.25) is 0 Å². The van der Waals surface area contributed by atoms with Crippen LogP contribution in [-0.4, -0.2) is 66.2 Å². The standard InChI is InChI=1S/C21H24N4O4S/c1-27-16-6-5-15(17(13-16)28-2)12-20(26)25-9-7-24(8-10-25)14-19-22-21(23-29-19)18-4-3-11-30-18/h3-6,11,13H,7-10,12,14H2,1-2H3. The second-order valence-electron chi connectivity index (χ2n) is 7.00. The molecule has 0 radical (unpaired) electrons. The van der Waals surface area contributed by atoms with E-state index in [1.54, 1.807) is 31.6 Å². The van der Waals surface area contributed by atoms with E-state index in [1.165, 1.54) is 0 Å². The number of amides is 1. The number of hydrogen-bond donors (Lipinski definition) is 0. The first kappa shape index (κ1) is 20.4. The molecule has 0 spiro atoms. The Hall–Kier alpha value is -2.91. The van der Waals surface area contributed by atoms with Gasteiger partial charge < -0.3 is 18.9 Å². The van der Waals surface area contributed by atoms with Gasteiger partial charge in [0.15, 0.2) is 0 Å². The van der Waals surface area contributed by atoms with E-state index in [-0.39, 0.29) is 5.91 Å². The molecule has 30 heavy (non-hydrogen) atoms. The van der Waals surface area contributed by atoms with Gasteiger partial charge in [0.25, 0.3) is 0 Å². The third-order valence-electron chi connectivity index (χ3n) is 5.13. The zero-order valence-corrected chi connectivity index (χ0v) is 17.9. The van der Waals surface area contributed by atoms with Crippen LogP contribution in [0.4, 0.5) is 0 Å². The minimum Gasteiger partial charge on any atom is -0.497 e. The second-order valence-corrected chi connectivity index (χ2v) is 7.95. The highest BCUT2D eigenvalue weighted by atomic mass is 32.1. The fourth-order valence-electron chi connectivity index (χ4n) is 3.44. The van der Waals surface area contributed by atoms with Crippen molar-refractivity contribution >= 4 is 17.2 Å². The Balaban J connectivity index is 1.30. The first-order chi connectivity index (χ1) is 14.7. The van der Waals surface area contributed by atoms with Gasteiger partial charge in [-0.3, -0.25) is 9.69 Å². The Bertz CT molecular complexity index is 981. The molecule has 1 amide bonds. The largest absolute Gasteiger partial charge is 0.497 e. The van der Waals surface area contributed by atoms with Gasteiger partial charge in [0.2, 0.25) is 17.6 Å². The van der Waals surface area contributed by atoms with Gasteiger partial charge >= 0.3 is 0 Å². The fraction of sp³-hybridized carbons (Fsp3) is 0.381. The van der Waals surface area contributed by atoms with Crippen LogP contribution in [0.5, 0.6) is 11.5 Å². The molecule has 3 aromatic rings. The highest BCUT2D eigenvalue weighted by molar-refractivity contribution is 7.13. The van der Waals surface area contributed by atoms with Gasteiger partial charge in [-0.1, -0.05) is 17.3 Å². The molecule has 0 aliphatic carbocycles. The maximum absolute atomic E-state index is 12.8. The lowest BCUT2D eigenvalue weighted by Gasteiger charge is -2.34. The number of ether oxygens (including phenoxy) is 2. The molecule has 4 rings (SSSR count). The van der Waals surface area contributed by atoms with Crippen LogP contribution >= 0.6 is 11.3 Å². The van der Waals surface area contributed by atoms with E-state index in [0.717, 1.165) is 23.5 Å². The number of piperazine rings is 1. The maximum atomic E-state index is 12.8. The third-order valence-corrected chi connectivity index (χ3v) is 6.00. The third kappa shape index (κ3) is 4.63. The quantitative estimate of drug-likeness (QED) is 0.572. The number of thiophene rings is 1. The van der Waals surface area contributed by atoms with Gasteiger partial charge in [0.1, 0.15) is 11.5 Å². The van der Waals surface area contributed by atoms with Gasteiger partial charge in [0, 0.05) is 37.8 Å². The molecule has 0 bridgehead atoms. The van der Waals surface area contributed by atoms with E-state index < -0.39 is 0 Å². The molecule has 158 valence electrons. The number of rotatable bonds is 7. The smallest absolute Gasteiger partial charge is 0.241 e. The number of aromatic nitrogens is 2. The molecule has 1 aliphatic rings. The molecule has 1 fully saturated rings. The number of benzene rings is 1. The van der Waals surface area contributed by atoms with E-state index >= 15 is 0 Å². The average molecular weight is 429 g/mol. The minimum atomic E-state index is 0.0934. The van der Waals surface area contributed by atoms with E-state index in [4.69, 9.17) is 14.0 Å².